The molecule has 106 valence electrons. The van der Waals surface area contributed by atoms with Crippen molar-refractivity contribution in [3.05, 3.63) is 28.9 Å². The summed E-state index contributed by atoms with van der Waals surface area (Å²) >= 11 is 3.49. The average molecular weight is 336 g/mol. The lowest BCUT2D eigenvalue weighted by molar-refractivity contribution is 0.126. The number of aliphatic hydroxyl groups excluding tert-OH is 1. The number of aromatic nitrogens is 1. The summed E-state index contributed by atoms with van der Waals surface area (Å²) in [5.41, 5.74) is 8.65. The van der Waals surface area contributed by atoms with Crippen LogP contribution in [-0.2, 0) is 0 Å². The molecule has 4 N–H and O–H groups in total. The largest absolute Gasteiger partial charge is 0.396 e. The van der Waals surface area contributed by atoms with E-state index in [1.165, 1.54) is 0 Å². The Labute approximate surface area is 126 Å². The number of halogens is 1. The van der Waals surface area contributed by atoms with Crippen LogP contribution in [-0.4, -0.2) is 22.2 Å². The van der Waals surface area contributed by atoms with Crippen molar-refractivity contribution in [2.45, 2.75) is 37.8 Å². The second-order valence-corrected chi connectivity index (χ2v) is 6.32. The van der Waals surface area contributed by atoms with E-state index in [4.69, 9.17) is 5.73 Å². The van der Waals surface area contributed by atoms with E-state index in [1.54, 1.807) is 6.20 Å². The minimum atomic E-state index is -0.145. The number of nitrogen functional groups attached to an aromatic ring is 1. The predicted octanol–water partition coefficient (Wildman–Crippen LogP) is 3.29. The van der Waals surface area contributed by atoms with Crippen LogP contribution < -0.4 is 11.1 Å². The summed E-state index contributed by atoms with van der Waals surface area (Å²) in [7, 11) is 0. The number of nitrogens with one attached hydrogen (secondary N) is 1. The molecule has 0 radical (unpaired) electrons. The third kappa shape index (κ3) is 2.74. The first kappa shape index (κ1) is 13.6. The Morgan fingerprint density at radius 2 is 2.00 bits per heavy atom. The molecule has 1 heterocycles. The predicted molar refractivity (Wildman–Crippen MR) is 85.7 cm³/mol. The number of nitrogens with zero attached hydrogens (tertiary/aromatic N) is 1. The highest BCUT2D eigenvalue weighted by molar-refractivity contribution is 9.10. The minimum absolute atomic E-state index is 0.145. The molecule has 0 spiro atoms. The lowest BCUT2D eigenvalue weighted by atomic mass is 9.93. The van der Waals surface area contributed by atoms with Gasteiger partial charge in [0.25, 0.3) is 0 Å². The molecule has 0 bridgehead atoms. The van der Waals surface area contributed by atoms with Crippen LogP contribution in [0.15, 0.2) is 28.9 Å². The van der Waals surface area contributed by atoms with Gasteiger partial charge in [0, 0.05) is 15.9 Å². The summed E-state index contributed by atoms with van der Waals surface area (Å²) in [6.45, 7) is 0. The SMILES string of the molecule is Nc1cnc2ccc(Br)cc2c1N[C@H]1CC[C@H](O)CC1. The molecule has 1 fully saturated rings. The van der Waals surface area contributed by atoms with E-state index in [2.05, 4.69) is 26.2 Å². The van der Waals surface area contributed by atoms with E-state index in [-0.39, 0.29) is 6.10 Å². The van der Waals surface area contributed by atoms with E-state index in [9.17, 15) is 5.11 Å². The second kappa shape index (κ2) is 5.58. The van der Waals surface area contributed by atoms with Crippen LogP contribution in [0.5, 0.6) is 0 Å². The molecular formula is C15H18BrN3O. The Morgan fingerprint density at radius 3 is 2.75 bits per heavy atom. The van der Waals surface area contributed by atoms with Crippen LogP contribution >= 0.6 is 15.9 Å². The van der Waals surface area contributed by atoms with Crippen molar-refractivity contribution >= 4 is 38.2 Å². The lowest BCUT2D eigenvalue weighted by Crippen LogP contribution is -2.28. The highest BCUT2D eigenvalue weighted by Gasteiger charge is 2.20. The summed E-state index contributed by atoms with van der Waals surface area (Å²) in [6.07, 6.45) is 5.20. The Bertz CT molecular complexity index is 619. The maximum absolute atomic E-state index is 9.59. The van der Waals surface area contributed by atoms with E-state index >= 15 is 0 Å². The highest BCUT2D eigenvalue weighted by Crippen LogP contribution is 2.32. The molecule has 0 atom stereocenters. The van der Waals surface area contributed by atoms with Gasteiger partial charge in [-0.05, 0) is 43.9 Å². The number of hydrogen-bond donors (Lipinski definition) is 3. The maximum atomic E-state index is 9.59. The van der Waals surface area contributed by atoms with Crippen molar-refractivity contribution in [3.63, 3.8) is 0 Å². The fourth-order valence-electron chi connectivity index (χ4n) is 2.77. The number of nitrogens with two attached hydrogens (primary N) is 1. The number of benzene rings is 1. The van der Waals surface area contributed by atoms with Gasteiger partial charge in [0.15, 0.2) is 0 Å². The normalized spacial score (nSPS) is 22.9. The average Bonchev–Trinajstić information content (AvgIpc) is 2.44. The molecule has 1 aromatic carbocycles. The van der Waals surface area contributed by atoms with Gasteiger partial charge in [-0.3, -0.25) is 4.98 Å². The number of aliphatic hydroxyl groups is 1. The van der Waals surface area contributed by atoms with Gasteiger partial charge >= 0.3 is 0 Å². The molecule has 0 saturated heterocycles. The molecule has 0 amide bonds. The van der Waals surface area contributed by atoms with Gasteiger partial charge in [-0.25, -0.2) is 0 Å². The van der Waals surface area contributed by atoms with Crippen molar-refractivity contribution in [3.8, 4) is 0 Å². The molecule has 1 aliphatic carbocycles. The number of fused-ring (bicyclic) bond motifs is 1. The summed E-state index contributed by atoms with van der Waals surface area (Å²) in [5.74, 6) is 0. The number of hydrogen-bond acceptors (Lipinski definition) is 4. The molecule has 0 unspecified atom stereocenters. The van der Waals surface area contributed by atoms with Gasteiger partial charge in [-0.1, -0.05) is 15.9 Å². The van der Waals surface area contributed by atoms with Gasteiger partial charge in [0.1, 0.15) is 0 Å². The van der Waals surface area contributed by atoms with Gasteiger partial charge in [-0.2, -0.15) is 0 Å². The summed E-state index contributed by atoms with van der Waals surface area (Å²) < 4.78 is 1.01. The first-order valence-corrected chi connectivity index (χ1v) is 7.71. The van der Waals surface area contributed by atoms with Gasteiger partial charge < -0.3 is 16.2 Å². The number of pyridine rings is 1. The Morgan fingerprint density at radius 1 is 1.25 bits per heavy atom. The zero-order valence-electron chi connectivity index (χ0n) is 11.1. The molecule has 20 heavy (non-hydrogen) atoms. The van der Waals surface area contributed by atoms with Crippen molar-refractivity contribution in [1.82, 2.24) is 4.98 Å². The molecule has 5 heteroatoms. The molecule has 1 saturated carbocycles. The van der Waals surface area contributed by atoms with Crippen LogP contribution in [0.25, 0.3) is 10.9 Å². The monoisotopic (exact) mass is 335 g/mol. The Kier molecular flexibility index (Phi) is 3.81. The van der Waals surface area contributed by atoms with E-state index in [0.29, 0.717) is 11.7 Å². The quantitative estimate of drug-likeness (QED) is 0.787. The number of rotatable bonds is 2. The van der Waals surface area contributed by atoms with Gasteiger partial charge in [0.05, 0.1) is 29.2 Å². The second-order valence-electron chi connectivity index (χ2n) is 5.40. The molecule has 1 aliphatic rings. The van der Waals surface area contributed by atoms with Crippen molar-refractivity contribution in [2.24, 2.45) is 0 Å². The van der Waals surface area contributed by atoms with Crippen LogP contribution in [0.1, 0.15) is 25.7 Å². The topological polar surface area (TPSA) is 71.2 Å². The third-order valence-corrected chi connectivity index (χ3v) is 4.40. The summed E-state index contributed by atoms with van der Waals surface area (Å²) in [5, 5.41) is 14.2. The van der Waals surface area contributed by atoms with E-state index in [0.717, 1.165) is 46.7 Å². The minimum Gasteiger partial charge on any atom is -0.396 e. The Balaban J connectivity index is 1.93. The third-order valence-electron chi connectivity index (χ3n) is 3.90. The van der Waals surface area contributed by atoms with Crippen molar-refractivity contribution < 1.29 is 5.11 Å². The molecule has 3 rings (SSSR count). The van der Waals surface area contributed by atoms with Crippen molar-refractivity contribution in [2.75, 3.05) is 11.1 Å². The zero-order valence-corrected chi connectivity index (χ0v) is 12.7. The van der Waals surface area contributed by atoms with Crippen LogP contribution in [0.2, 0.25) is 0 Å². The summed E-state index contributed by atoms with van der Waals surface area (Å²) in [6, 6.07) is 6.37. The van der Waals surface area contributed by atoms with Gasteiger partial charge in [-0.15, -0.1) is 0 Å². The maximum Gasteiger partial charge on any atom is 0.0743 e. The standard InChI is InChI=1S/C15H18BrN3O/c16-9-1-6-14-12(7-9)15(13(17)8-18-14)19-10-2-4-11(20)5-3-10/h1,6-8,10-11,20H,2-5,17H2,(H,18,19)/t10-,11-. The number of anilines is 2. The first-order chi connectivity index (χ1) is 9.63. The smallest absolute Gasteiger partial charge is 0.0743 e. The Hall–Kier alpha value is -1.33. The first-order valence-electron chi connectivity index (χ1n) is 6.92. The fraction of sp³-hybridized carbons (Fsp3) is 0.400. The molecule has 4 nitrogen and oxygen atoms in total. The van der Waals surface area contributed by atoms with Crippen LogP contribution in [0.3, 0.4) is 0 Å². The molecular weight excluding hydrogens is 318 g/mol. The van der Waals surface area contributed by atoms with Crippen LogP contribution in [0, 0.1) is 0 Å². The zero-order chi connectivity index (χ0) is 14.1. The molecule has 0 aliphatic heterocycles. The van der Waals surface area contributed by atoms with Crippen molar-refractivity contribution in [1.29, 1.82) is 0 Å². The lowest BCUT2D eigenvalue weighted by Gasteiger charge is -2.28. The van der Waals surface area contributed by atoms with E-state index in [1.807, 2.05) is 18.2 Å². The molecule has 2 aromatic rings. The summed E-state index contributed by atoms with van der Waals surface area (Å²) in [4.78, 5) is 4.36. The fourth-order valence-corrected chi connectivity index (χ4v) is 3.13. The van der Waals surface area contributed by atoms with E-state index < -0.39 is 0 Å². The van der Waals surface area contributed by atoms with Gasteiger partial charge in [0.2, 0.25) is 0 Å². The molecule has 1 aromatic heterocycles. The van der Waals surface area contributed by atoms with Crippen LogP contribution in [0.4, 0.5) is 11.4 Å². The highest BCUT2D eigenvalue weighted by atomic mass is 79.9.